The highest BCUT2D eigenvalue weighted by Crippen LogP contribution is 2.22. The van der Waals surface area contributed by atoms with E-state index in [4.69, 9.17) is 0 Å². The van der Waals surface area contributed by atoms with Crippen LogP contribution in [0.3, 0.4) is 0 Å². The lowest BCUT2D eigenvalue weighted by Gasteiger charge is -2.19. The molecule has 0 bridgehead atoms. The van der Waals surface area contributed by atoms with Crippen LogP contribution in [0.15, 0.2) is 36.4 Å². The van der Waals surface area contributed by atoms with E-state index in [1.807, 2.05) is 32.9 Å². The zero-order valence-corrected chi connectivity index (χ0v) is 14.4. The van der Waals surface area contributed by atoms with Crippen LogP contribution < -0.4 is 5.32 Å². The second-order valence-corrected chi connectivity index (χ2v) is 6.00. The van der Waals surface area contributed by atoms with E-state index in [1.54, 1.807) is 12.1 Å². The number of phenolic OH excluding ortho intramolecular Hbond substituents is 1. The van der Waals surface area contributed by atoms with Gasteiger partial charge in [-0.1, -0.05) is 29.8 Å². The highest BCUT2D eigenvalue weighted by atomic mass is 16.3. The summed E-state index contributed by atoms with van der Waals surface area (Å²) in [4.78, 5) is 25.9. The maximum Gasteiger partial charge on any atom is 0.257 e. The van der Waals surface area contributed by atoms with Crippen molar-refractivity contribution >= 4 is 17.5 Å². The number of carbonyl (C=O) groups is 2. The highest BCUT2D eigenvalue weighted by molar-refractivity contribution is 6.01. The van der Waals surface area contributed by atoms with Gasteiger partial charge in [-0.2, -0.15) is 0 Å². The van der Waals surface area contributed by atoms with Crippen molar-refractivity contribution in [3.8, 4) is 5.75 Å². The van der Waals surface area contributed by atoms with Crippen LogP contribution in [-0.2, 0) is 4.79 Å². The molecule has 0 unspecified atom stereocenters. The summed E-state index contributed by atoms with van der Waals surface area (Å²) in [5.74, 6) is -0.781. The first kappa shape index (κ1) is 17.5. The third-order valence-corrected chi connectivity index (χ3v) is 3.80. The van der Waals surface area contributed by atoms with Crippen LogP contribution >= 0.6 is 0 Å². The number of carbonyl (C=O) groups excluding carboxylic acids is 2. The minimum Gasteiger partial charge on any atom is -0.507 e. The molecule has 2 amide bonds. The van der Waals surface area contributed by atoms with Gasteiger partial charge >= 0.3 is 0 Å². The van der Waals surface area contributed by atoms with Gasteiger partial charge in [0.2, 0.25) is 5.91 Å². The number of hydrogen-bond donors (Lipinski definition) is 2. The number of para-hydroxylation sites is 1. The SMILES string of the molecule is Cc1cc(C)c(NC(=O)CN(C)C(=O)c2ccccc2O)c(C)c1. The Morgan fingerprint density at radius 2 is 1.67 bits per heavy atom. The molecule has 0 saturated carbocycles. The average molecular weight is 326 g/mol. The van der Waals surface area contributed by atoms with Crippen LogP contribution in [0.2, 0.25) is 0 Å². The normalized spacial score (nSPS) is 10.3. The molecule has 0 heterocycles. The first-order valence-corrected chi connectivity index (χ1v) is 7.70. The Bertz CT molecular complexity index is 761. The van der Waals surface area contributed by atoms with Crippen LogP contribution in [-0.4, -0.2) is 35.4 Å². The summed E-state index contributed by atoms with van der Waals surface area (Å²) >= 11 is 0. The van der Waals surface area contributed by atoms with Crippen molar-refractivity contribution in [3.63, 3.8) is 0 Å². The van der Waals surface area contributed by atoms with Crippen LogP contribution in [0.4, 0.5) is 5.69 Å². The van der Waals surface area contributed by atoms with Crippen molar-refractivity contribution in [2.45, 2.75) is 20.8 Å². The minimum absolute atomic E-state index is 0.0972. The fraction of sp³-hybridized carbons (Fsp3) is 0.263. The van der Waals surface area contributed by atoms with Crippen molar-refractivity contribution < 1.29 is 14.7 Å². The molecular formula is C19H22N2O3. The molecule has 24 heavy (non-hydrogen) atoms. The van der Waals surface area contributed by atoms with Gasteiger partial charge in [0.15, 0.2) is 0 Å². The van der Waals surface area contributed by atoms with Gasteiger partial charge < -0.3 is 15.3 Å². The lowest BCUT2D eigenvalue weighted by molar-refractivity contribution is -0.116. The molecule has 2 rings (SSSR count). The summed E-state index contributed by atoms with van der Waals surface area (Å²) in [7, 11) is 1.53. The molecule has 5 heteroatoms. The van der Waals surface area contributed by atoms with Gasteiger partial charge in [-0.05, 0) is 44.0 Å². The van der Waals surface area contributed by atoms with E-state index < -0.39 is 5.91 Å². The molecule has 2 aromatic rings. The van der Waals surface area contributed by atoms with Gasteiger partial charge in [-0.3, -0.25) is 9.59 Å². The smallest absolute Gasteiger partial charge is 0.257 e. The summed E-state index contributed by atoms with van der Waals surface area (Å²) in [5, 5.41) is 12.6. The van der Waals surface area contributed by atoms with Crippen molar-refractivity contribution in [1.82, 2.24) is 4.90 Å². The van der Waals surface area contributed by atoms with Gasteiger partial charge in [0.1, 0.15) is 5.75 Å². The van der Waals surface area contributed by atoms with E-state index in [0.29, 0.717) is 0 Å². The molecule has 0 aliphatic carbocycles. The van der Waals surface area contributed by atoms with Gasteiger partial charge in [0, 0.05) is 12.7 Å². The quantitative estimate of drug-likeness (QED) is 0.907. The zero-order chi connectivity index (χ0) is 17.9. The van der Waals surface area contributed by atoms with Gasteiger partial charge in [0.05, 0.1) is 12.1 Å². The van der Waals surface area contributed by atoms with E-state index in [1.165, 1.54) is 24.1 Å². The monoisotopic (exact) mass is 326 g/mol. The minimum atomic E-state index is -0.402. The topological polar surface area (TPSA) is 69.6 Å². The summed E-state index contributed by atoms with van der Waals surface area (Å²) in [6, 6.07) is 10.3. The summed E-state index contributed by atoms with van der Waals surface area (Å²) in [5.41, 5.74) is 4.05. The van der Waals surface area contributed by atoms with Crippen molar-refractivity contribution in [3.05, 3.63) is 58.7 Å². The number of hydrogen-bond acceptors (Lipinski definition) is 3. The van der Waals surface area contributed by atoms with E-state index in [0.717, 1.165) is 22.4 Å². The van der Waals surface area contributed by atoms with Crippen LogP contribution in [0.25, 0.3) is 0 Å². The number of nitrogens with zero attached hydrogens (tertiary/aromatic N) is 1. The number of phenols is 1. The number of aryl methyl sites for hydroxylation is 3. The van der Waals surface area contributed by atoms with Crippen molar-refractivity contribution in [2.75, 3.05) is 18.9 Å². The van der Waals surface area contributed by atoms with Gasteiger partial charge in [-0.25, -0.2) is 0 Å². The Hall–Kier alpha value is -2.82. The number of rotatable bonds is 4. The number of nitrogens with one attached hydrogen (secondary N) is 1. The average Bonchev–Trinajstić information content (AvgIpc) is 2.50. The van der Waals surface area contributed by atoms with Gasteiger partial charge in [0.25, 0.3) is 5.91 Å². The second-order valence-electron chi connectivity index (χ2n) is 6.00. The van der Waals surface area contributed by atoms with Crippen LogP contribution in [0.1, 0.15) is 27.0 Å². The number of likely N-dealkylation sites (N-methyl/N-ethyl adjacent to an activating group) is 1. The number of anilines is 1. The summed E-state index contributed by atoms with van der Waals surface area (Å²) in [6.45, 7) is 5.78. The van der Waals surface area contributed by atoms with Crippen LogP contribution in [0, 0.1) is 20.8 Å². The van der Waals surface area contributed by atoms with E-state index in [2.05, 4.69) is 5.32 Å². The Kier molecular flexibility index (Phi) is 5.24. The lowest BCUT2D eigenvalue weighted by atomic mass is 10.1. The number of amides is 2. The Morgan fingerprint density at radius 3 is 2.25 bits per heavy atom. The van der Waals surface area contributed by atoms with E-state index in [-0.39, 0.29) is 23.8 Å². The Labute approximate surface area is 141 Å². The summed E-state index contributed by atoms with van der Waals surface area (Å²) < 4.78 is 0. The Balaban J connectivity index is 2.07. The molecule has 5 nitrogen and oxygen atoms in total. The highest BCUT2D eigenvalue weighted by Gasteiger charge is 2.18. The van der Waals surface area contributed by atoms with Gasteiger partial charge in [-0.15, -0.1) is 0 Å². The molecule has 0 aromatic heterocycles. The largest absolute Gasteiger partial charge is 0.507 e. The van der Waals surface area contributed by atoms with E-state index in [9.17, 15) is 14.7 Å². The second kappa shape index (κ2) is 7.17. The first-order chi connectivity index (χ1) is 11.3. The molecule has 0 atom stereocenters. The molecule has 126 valence electrons. The molecular weight excluding hydrogens is 304 g/mol. The maximum atomic E-state index is 12.3. The van der Waals surface area contributed by atoms with E-state index >= 15 is 0 Å². The zero-order valence-electron chi connectivity index (χ0n) is 14.4. The fourth-order valence-corrected chi connectivity index (χ4v) is 2.70. The number of benzene rings is 2. The molecule has 0 aliphatic heterocycles. The summed E-state index contributed by atoms with van der Waals surface area (Å²) in [6.07, 6.45) is 0. The number of aromatic hydroxyl groups is 1. The molecule has 0 spiro atoms. The third-order valence-electron chi connectivity index (χ3n) is 3.80. The third kappa shape index (κ3) is 3.93. The molecule has 0 radical (unpaired) electrons. The standard InChI is InChI=1S/C19H22N2O3/c1-12-9-13(2)18(14(3)10-12)20-17(23)11-21(4)19(24)15-7-5-6-8-16(15)22/h5-10,22H,11H2,1-4H3,(H,20,23). The molecule has 0 fully saturated rings. The lowest BCUT2D eigenvalue weighted by Crippen LogP contribution is -2.35. The van der Waals surface area contributed by atoms with Crippen molar-refractivity contribution in [2.24, 2.45) is 0 Å². The predicted molar refractivity (Wildman–Crippen MR) is 94.4 cm³/mol. The predicted octanol–water partition coefficient (Wildman–Crippen LogP) is 3.03. The molecule has 0 aliphatic rings. The van der Waals surface area contributed by atoms with Crippen molar-refractivity contribution in [1.29, 1.82) is 0 Å². The Morgan fingerprint density at radius 1 is 1.08 bits per heavy atom. The maximum absolute atomic E-state index is 12.3. The molecule has 2 N–H and O–H groups in total. The fourth-order valence-electron chi connectivity index (χ4n) is 2.70. The molecule has 2 aromatic carbocycles. The molecule has 0 saturated heterocycles. The van der Waals surface area contributed by atoms with Crippen LogP contribution in [0.5, 0.6) is 5.75 Å². The first-order valence-electron chi connectivity index (χ1n) is 7.70.